The van der Waals surface area contributed by atoms with Gasteiger partial charge in [-0.15, -0.1) is 24.0 Å². The molecular weight excluding hydrogens is 529 g/mol. The Morgan fingerprint density at radius 2 is 1.79 bits per heavy atom. The Kier molecular flexibility index (Phi) is 12.9. The second-order valence-electron chi connectivity index (χ2n) is 9.05. The van der Waals surface area contributed by atoms with E-state index in [0.717, 1.165) is 44.7 Å². The number of carbonyl (C=O) groups excluding carboxylic acids is 1. The highest BCUT2D eigenvalue weighted by molar-refractivity contribution is 14.0. The van der Waals surface area contributed by atoms with Gasteiger partial charge in [0.05, 0.1) is 6.61 Å². The van der Waals surface area contributed by atoms with Crippen LogP contribution < -0.4 is 11.1 Å². The molecule has 7 nitrogen and oxygen atoms in total. The average Bonchev–Trinajstić information content (AvgIpc) is 2.81. The molecule has 8 heteroatoms. The third-order valence-corrected chi connectivity index (χ3v) is 6.61. The Balaban J connectivity index is 0.00000385. The minimum atomic E-state index is -0.215. The molecule has 0 unspecified atom stereocenters. The maximum Gasteiger partial charge on any atom is 0.409 e. The van der Waals surface area contributed by atoms with E-state index in [0.29, 0.717) is 25.7 Å². The number of nitrogens with two attached hydrogens (primary N) is 1. The summed E-state index contributed by atoms with van der Waals surface area (Å²) < 4.78 is 5.06. The summed E-state index contributed by atoms with van der Waals surface area (Å²) in [5.41, 5.74) is 7.55. The van der Waals surface area contributed by atoms with E-state index in [4.69, 9.17) is 10.5 Å². The number of nitrogens with one attached hydrogen (secondary N) is 1. The van der Waals surface area contributed by atoms with E-state index in [1.807, 2.05) is 6.92 Å². The summed E-state index contributed by atoms with van der Waals surface area (Å²) in [7, 11) is 0. The van der Waals surface area contributed by atoms with Crippen molar-refractivity contribution in [2.45, 2.75) is 57.9 Å². The zero-order chi connectivity index (χ0) is 22.6. The predicted molar refractivity (Wildman–Crippen MR) is 145 cm³/mol. The van der Waals surface area contributed by atoms with Gasteiger partial charge in [0.25, 0.3) is 0 Å². The summed E-state index contributed by atoms with van der Waals surface area (Å²) in [6, 6.07) is 11.2. The summed E-state index contributed by atoms with van der Waals surface area (Å²) in [6.07, 6.45) is 7.58. The van der Waals surface area contributed by atoms with Gasteiger partial charge >= 0.3 is 6.09 Å². The van der Waals surface area contributed by atoms with Gasteiger partial charge in [0, 0.05) is 25.7 Å². The highest BCUT2D eigenvalue weighted by Crippen LogP contribution is 2.21. The largest absolute Gasteiger partial charge is 0.450 e. The number of likely N-dealkylation sites (tertiary alicyclic amines) is 2. The van der Waals surface area contributed by atoms with Gasteiger partial charge in [-0.25, -0.2) is 4.79 Å². The van der Waals surface area contributed by atoms with Crippen LogP contribution in [0.2, 0.25) is 0 Å². The molecule has 2 aliphatic heterocycles. The summed E-state index contributed by atoms with van der Waals surface area (Å²) in [4.78, 5) is 20.6. The van der Waals surface area contributed by atoms with Crippen molar-refractivity contribution in [3.63, 3.8) is 0 Å². The van der Waals surface area contributed by atoms with Crippen molar-refractivity contribution in [1.29, 1.82) is 0 Å². The first-order valence-corrected chi connectivity index (χ1v) is 12.4. The van der Waals surface area contributed by atoms with Crippen LogP contribution in [0, 0.1) is 5.92 Å². The molecule has 0 bridgehead atoms. The number of hydrogen-bond acceptors (Lipinski definition) is 4. The second kappa shape index (κ2) is 15.4. The molecule has 0 spiro atoms. The van der Waals surface area contributed by atoms with Crippen molar-refractivity contribution < 1.29 is 9.53 Å². The number of ether oxygens (including phenoxy) is 1. The number of halogens is 1. The second-order valence-corrected chi connectivity index (χ2v) is 9.05. The Morgan fingerprint density at radius 3 is 2.45 bits per heavy atom. The van der Waals surface area contributed by atoms with Gasteiger partial charge in [-0.3, -0.25) is 4.99 Å². The van der Waals surface area contributed by atoms with Crippen molar-refractivity contribution in [3.8, 4) is 0 Å². The number of piperidine rings is 2. The molecule has 0 radical (unpaired) electrons. The maximum absolute atomic E-state index is 11.8. The van der Waals surface area contributed by atoms with Gasteiger partial charge in [0.1, 0.15) is 0 Å². The number of unbranched alkanes of at least 4 members (excludes halogenated alkanes) is 1. The van der Waals surface area contributed by atoms with E-state index in [9.17, 15) is 4.79 Å². The normalized spacial score (nSPS) is 18.6. The molecule has 0 aromatic heterocycles. The zero-order valence-corrected chi connectivity index (χ0v) is 22.4. The Morgan fingerprint density at radius 1 is 1.09 bits per heavy atom. The number of carbonyl (C=O) groups is 1. The quantitative estimate of drug-likeness (QED) is 0.204. The minimum absolute atomic E-state index is 0. The molecule has 2 saturated heterocycles. The number of aliphatic imine (C=N–C) groups is 1. The lowest BCUT2D eigenvalue weighted by Crippen LogP contribution is -2.48. The molecule has 3 rings (SSSR count). The third kappa shape index (κ3) is 10.1. The van der Waals surface area contributed by atoms with Crippen molar-refractivity contribution in [1.82, 2.24) is 15.1 Å². The summed E-state index contributed by atoms with van der Waals surface area (Å²) in [5, 5.41) is 3.31. The first-order chi connectivity index (χ1) is 15.6. The first kappa shape index (κ1) is 27.7. The first-order valence-electron chi connectivity index (χ1n) is 12.4. The molecule has 2 heterocycles. The Hall–Kier alpha value is -1.55. The van der Waals surface area contributed by atoms with Gasteiger partial charge < -0.3 is 25.6 Å². The molecule has 0 atom stereocenters. The zero-order valence-electron chi connectivity index (χ0n) is 20.1. The van der Waals surface area contributed by atoms with Crippen LogP contribution in [-0.2, 0) is 11.2 Å². The fraction of sp³-hybridized carbons (Fsp3) is 0.680. The van der Waals surface area contributed by atoms with Crippen LogP contribution in [0.5, 0.6) is 0 Å². The van der Waals surface area contributed by atoms with E-state index in [1.54, 1.807) is 4.90 Å². The number of guanidine groups is 1. The van der Waals surface area contributed by atoms with E-state index in [1.165, 1.54) is 37.9 Å². The molecule has 1 amide bonds. The minimum Gasteiger partial charge on any atom is -0.450 e. The molecule has 0 aliphatic carbocycles. The van der Waals surface area contributed by atoms with Crippen LogP contribution in [-0.4, -0.2) is 73.8 Å². The smallest absolute Gasteiger partial charge is 0.409 e. The standard InChI is InChI=1S/C25H41N5O2.HI/c1-2-32-25(31)30-18-12-23(13-19-30)28-24(26)27-14-6-7-15-29-16-10-22(11-17-29)20-21-8-4-3-5-9-21;/h3-5,8-9,22-23H,2,6-7,10-20H2,1H3,(H3,26,27,28);1H. The van der Waals surface area contributed by atoms with Gasteiger partial charge in [0.15, 0.2) is 5.96 Å². The van der Waals surface area contributed by atoms with E-state index in [2.05, 4.69) is 45.5 Å². The fourth-order valence-corrected chi connectivity index (χ4v) is 4.68. The van der Waals surface area contributed by atoms with E-state index < -0.39 is 0 Å². The van der Waals surface area contributed by atoms with Crippen LogP contribution in [0.25, 0.3) is 0 Å². The monoisotopic (exact) mass is 571 g/mol. The van der Waals surface area contributed by atoms with Crippen molar-refractivity contribution in [2.75, 3.05) is 45.9 Å². The molecule has 0 saturated carbocycles. The van der Waals surface area contributed by atoms with Crippen LogP contribution >= 0.6 is 24.0 Å². The molecule has 3 N–H and O–H groups in total. The summed E-state index contributed by atoms with van der Waals surface area (Å²) >= 11 is 0. The lowest BCUT2D eigenvalue weighted by Gasteiger charge is -2.32. The number of benzene rings is 1. The number of rotatable bonds is 9. The third-order valence-electron chi connectivity index (χ3n) is 6.61. The van der Waals surface area contributed by atoms with Crippen molar-refractivity contribution in [2.24, 2.45) is 16.6 Å². The van der Waals surface area contributed by atoms with Crippen molar-refractivity contribution in [3.05, 3.63) is 35.9 Å². The lowest BCUT2D eigenvalue weighted by atomic mass is 9.90. The molecule has 186 valence electrons. The number of hydrogen-bond donors (Lipinski definition) is 2. The van der Waals surface area contributed by atoms with Crippen LogP contribution in [0.1, 0.15) is 51.0 Å². The van der Waals surface area contributed by atoms with Gasteiger partial charge in [-0.05, 0) is 83.0 Å². The van der Waals surface area contributed by atoms with Gasteiger partial charge in [-0.1, -0.05) is 30.3 Å². The van der Waals surface area contributed by atoms with Crippen LogP contribution in [0.4, 0.5) is 4.79 Å². The van der Waals surface area contributed by atoms with Crippen LogP contribution in [0.15, 0.2) is 35.3 Å². The van der Waals surface area contributed by atoms with E-state index >= 15 is 0 Å². The Bertz CT molecular complexity index is 702. The molecular formula is C25H42IN5O2. The highest BCUT2D eigenvalue weighted by Gasteiger charge is 2.23. The van der Waals surface area contributed by atoms with Gasteiger partial charge in [-0.2, -0.15) is 0 Å². The predicted octanol–water partition coefficient (Wildman–Crippen LogP) is 3.86. The van der Waals surface area contributed by atoms with Crippen molar-refractivity contribution >= 4 is 36.0 Å². The molecule has 1 aromatic rings. The maximum atomic E-state index is 11.8. The molecule has 2 aliphatic rings. The lowest BCUT2D eigenvalue weighted by molar-refractivity contribution is 0.0963. The molecule has 1 aromatic carbocycles. The summed E-state index contributed by atoms with van der Waals surface area (Å²) in [5.74, 6) is 1.36. The Labute approximate surface area is 216 Å². The number of nitrogens with zero attached hydrogens (tertiary/aromatic N) is 3. The average molecular weight is 572 g/mol. The van der Waals surface area contributed by atoms with E-state index in [-0.39, 0.29) is 36.1 Å². The fourth-order valence-electron chi connectivity index (χ4n) is 4.68. The molecule has 33 heavy (non-hydrogen) atoms. The SMILES string of the molecule is CCOC(=O)N1CCC(NC(N)=NCCCCN2CCC(Cc3ccccc3)CC2)CC1.I. The molecule has 2 fully saturated rings. The number of amides is 1. The highest BCUT2D eigenvalue weighted by atomic mass is 127. The topological polar surface area (TPSA) is 83.2 Å². The summed E-state index contributed by atoms with van der Waals surface area (Å²) in [6.45, 7) is 8.02. The van der Waals surface area contributed by atoms with Crippen LogP contribution in [0.3, 0.4) is 0 Å². The van der Waals surface area contributed by atoms with Gasteiger partial charge in [0.2, 0.25) is 0 Å².